The summed E-state index contributed by atoms with van der Waals surface area (Å²) in [5.74, 6) is 1.12. The lowest BCUT2D eigenvalue weighted by molar-refractivity contribution is -0.156. The van der Waals surface area contributed by atoms with E-state index < -0.39 is 29.0 Å². The zero-order valence-electron chi connectivity index (χ0n) is 37.4. The van der Waals surface area contributed by atoms with Crippen LogP contribution < -0.4 is 15.4 Å². The van der Waals surface area contributed by atoms with Crippen molar-refractivity contribution in [2.75, 3.05) is 39.4 Å². The van der Waals surface area contributed by atoms with Crippen molar-refractivity contribution >= 4 is 45.9 Å². The van der Waals surface area contributed by atoms with Crippen molar-refractivity contribution < 1.29 is 33.4 Å². The fourth-order valence-corrected chi connectivity index (χ4v) is 10.1. The highest BCUT2D eigenvalue weighted by atomic mass is 16.5. The molecule has 3 heterocycles. The number of esters is 1. The maximum absolute atomic E-state index is 14.8. The molecule has 12 nitrogen and oxygen atoms in total. The van der Waals surface area contributed by atoms with Crippen LogP contribution in [-0.2, 0) is 35.1 Å². The van der Waals surface area contributed by atoms with Gasteiger partial charge < -0.3 is 29.7 Å². The molecule has 8 rings (SSSR count). The number of amidine groups is 1. The molecule has 3 saturated carbocycles. The number of ketones is 1. The lowest BCUT2D eigenvalue weighted by atomic mass is 9.77. The first kappa shape index (κ1) is 43.4. The number of rotatable bonds is 15. The lowest BCUT2D eigenvalue weighted by Crippen LogP contribution is -2.53. The quantitative estimate of drug-likeness (QED) is 0.192. The summed E-state index contributed by atoms with van der Waals surface area (Å²) in [4.78, 5) is 64.3. The van der Waals surface area contributed by atoms with Crippen molar-refractivity contribution in [3.63, 3.8) is 0 Å². The van der Waals surface area contributed by atoms with Gasteiger partial charge in [0.05, 0.1) is 43.3 Å². The largest absolute Gasteiger partial charge is 0.488 e. The van der Waals surface area contributed by atoms with Crippen molar-refractivity contribution in [2.24, 2.45) is 28.2 Å². The van der Waals surface area contributed by atoms with Gasteiger partial charge in [-0.3, -0.25) is 24.1 Å². The fourth-order valence-electron chi connectivity index (χ4n) is 10.1. The van der Waals surface area contributed by atoms with E-state index in [4.69, 9.17) is 19.2 Å². The molecule has 12 heteroatoms. The van der Waals surface area contributed by atoms with E-state index in [1.54, 1.807) is 4.90 Å². The molecule has 0 bridgehead atoms. The van der Waals surface area contributed by atoms with Crippen LogP contribution in [0.4, 0.5) is 0 Å². The number of likely N-dealkylation sites (tertiary alicyclic amines) is 1. The van der Waals surface area contributed by atoms with Crippen molar-refractivity contribution in [3.8, 4) is 5.75 Å². The second-order valence-corrected chi connectivity index (χ2v) is 20.2. The molecule has 5 fully saturated rings. The molecule has 2 aromatic carbocycles. The topological polar surface area (TPSA) is 139 Å². The van der Waals surface area contributed by atoms with Gasteiger partial charge in [-0.15, -0.1) is 0 Å². The van der Waals surface area contributed by atoms with Crippen LogP contribution in [0.3, 0.4) is 0 Å². The van der Waals surface area contributed by atoms with E-state index in [0.717, 1.165) is 86.4 Å². The van der Waals surface area contributed by atoms with Crippen LogP contribution in [0, 0.1) is 30.1 Å². The third-order valence-electron chi connectivity index (χ3n) is 14.1. The Morgan fingerprint density at radius 2 is 1.72 bits per heavy atom. The minimum atomic E-state index is -0.888. The average molecular weight is 838 g/mol. The van der Waals surface area contributed by atoms with Crippen molar-refractivity contribution in [3.05, 3.63) is 47.0 Å². The summed E-state index contributed by atoms with van der Waals surface area (Å²) >= 11 is 0. The van der Waals surface area contributed by atoms with E-state index in [-0.39, 0.29) is 55.1 Å². The number of carbonyl (C=O) groups is 4. The number of fused-ring (bicyclic) bond motifs is 2. The summed E-state index contributed by atoms with van der Waals surface area (Å²) in [6.45, 7) is 18.5. The van der Waals surface area contributed by atoms with E-state index >= 15 is 0 Å². The van der Waals surface area contributed by atoms with Crippen LogP contribution in [0.5, 0.6) is 5.75 Å². The van der Waals surface area contributed by atoms with Crippen LogP contribution in [0.25, 0.3) is 16.5 Å². The van der Waals surface area contributed by atoms with Crippen molar-refractivity contribution in [1.29, 1.82) is 0 Å². The van der Waals surface area contributed by atoms with Crippen LogP contribution in [0.2, 0.25) is 0 Å². The molecule has 61 heavy (non-hydrogen) atoms. The van der Waals surface area contributed by atoms with Gasteiger partial charge in [-0.25, -0.2) is 4.99 Å². The summed E-state index contributed by atoms with van der Waals surface area (Å²) in [6.07, 6.45) is 8.60. The van der Waals surface area contributed by atoms with Crippen molar-refractivity contribution in [1.82, 2.24) is 20.4 Å². The van der Waals surface area contributed by atoms with Crippen molar-refractivity contribution in [2.45, 2.75) is 143 Å². The highest BCUT2D eigenvalue weighted by molar-refractivity contribution is 5.99. The summed E-state index contributed by atoms with van der Waals surface area (Å²) in [6, 6.07) is 8.00. The molecule has 2 saturated heterocycles. The van der Waals surface area contributed by atoms with E-state index in [1.807, 2.05) is 26.8 Å². The third kappa shape index (κ3) is 9.85. The normalized spacial score (nSPS) is 26.1. The van der Waals surface area contributed by atoms with Gasteiger partial charge in [-0.1, -0.05) is 39.0 Å². The first-order chi connectivity index (χ1) is 29.1. The average Bonchev–Trinajstić information content (AvgIpc) is 3.96. The van der Waals surface area contributed by atoms with Gasteiger partial charge in [0.1, 0.15) is 29.8 Å². The van der Waals surface area contributed by atoms with E-state index in [0.29, 0.717) is 36.8 Å². The first-order valence-corrected chi connectivity index (χ1v) is 23.0. The number of ether oxygens (including phenoxy) is 3. The first-order valence-electron chi connectivity index (χ1n) is 23.0. The van der Waals surface area contributed by atoms with E-state index in [1.165, 1.54) is 24.5 Å². The van der Waals surface area contributed by atoms with Crippen LogP contribution >= 0.6 is 0 Å². The molecular weight excluding hydrogens is 771 g/mol. The number of Topliss-reactive ketones (excluding diaryl/α,β-unsaturated/α-hetero) is 1. The number of hydrogen-bond donors (Lipinski definition) is 2. The zero-order valence-corrected chi connectivity index (χ0v) is 37.4. The van der Waals surface area contributed by atoms with Gasteiger partial charge in [0.25, 0.3) is 0 Å². The molecule has 0 spiro atoms. The summed E-state index contributed by atoms with van der Waals surface area (Å²) < 4.78 is 18.5. The lowest BCUT2D eigenvalue weighted by Gasteiger charge is -2.35. The Balaban J connectivity index is 1.08. The molecule has 2 aromatic rings. The molecular formula is C49H67N5O7. The molecule has 0 radical (unpaired) electrons. The number of nitrogens with one attached hydrogen (secondary N) is 2. The van der Waals surface area contributed by atoms with Gasteiger partial charge in [0.15, 0.2) is 5.78 Å². The van der Waals surface area contributed by atoms with Crippen LogP contribution in [0.15, 0.2) is 35.3 Å². The molecule has 2 unspecified atom stereocenters. The summed E-state index contributed by atoms with van der Waals surface area (Å²) in [5, 5.41) is 8.54. The Morgan fingerprint density at radius 3 is 2.39 bits per heavy atom. The minimum Gasteiger partial charge on any atom is -0.488 e. The number of hydrogen-bond acceptors (Lipinski definition) is 10. The monoisotopic (exact) mass is 838 g/mol. The Morgan fingerprint density at radius 1 is 0.984 bits per heavy atom. The highest BCUT2D eigenvalue weighted by Crippen LogP contribution is 2.52. The van der Waals surface area contributed by atoms with E-state index in [9.17, 15) is 19.2 Å². The number of morpholine rings is 1. The van der Waals surface area contributed by atoms with Gasteiger partial charge in [-0.05, 0) is 125 Å². The van der Waals surface area contributed by atoms with Crippen LogP contribution in [0.1, 0.15) is 116 Å². The number of benzene rings is 2. The second kappa shape index (κ2) is 17.5. The SMILES string of the molecule is CC(=O)C1(NC(=O)[C@@H]2C[C@@H](Oc3cc(C4=CCC(NC(C)C)=N4)cc4c(C)c(CCCN5CCOCC5)ccc34)CN2C(=O)[C@@H](CC(=O)OC2CC3CC3C2)C(C)(C)C)CC1. The molecule has 330 valence electrons. The highest BCUT2D eigenvalue weighted by Gasteiger charge is 2.53. The number of nitrogens with zero attached hydrogens (tertiary/aromatic N) is 3. The number of carbonyl (C=O) groups excluding carboxylic acids is 4. The molecule has 2 amide bonds. The molecule has 3 aliphatic carbocycles. The Hall–Kier alpha value is -4.29. The second-order valence-electron chi connectivity index (χ2n) is 20.2. The Labute approximate surface area is 361 Å². The standard InChI is InChI=1S/C49H67N5O7/c1-29(2)50-44-13-12-41(51-44)35-24-39-30(3)32(9-8-16-53-17-19-59-20-18-53)10-11-38(39)43(25-35)60-37-26-42(46(57)52-49(14-15-49)31(4)55)54(28-37)47(58)40(48(5,6)7)27-45(56)61-36-22-33-21-34(33)23-36/h10-12,24-25,29,33-34,36-37,40,42H,8-9,13-23,26-28H2,1-7H3,(H,50,51)(H,52,57)/t33?,34?,36?,37-,40-,42+/m1/s1. The maximum atomic E-state index is 14.8. The van der Waals surface area contributed by atoms with Gasteiger partial charge in [0, 0.05) is 42.9 Å². The third-order valence-corrected chi connectivity index (χ3v) is 14.1. The minimum absolute atomic E-state index is 0.0636. The predicted octanol–water partition coefficient (Wildman–Crippen LogP) is 6.53. The maximum Gasteiger partial charge on any atom is 0.306 e. The number of aryl methyl sites for hydroxylation is 2. The van der Waals surface area contributed by atoms with Gasteiger partial charge in [0.2, 0.25) is 11.8 Å². The molecule has 0 aromatic heterocycles. The predicted molar refractivity (Wildman–Crippen MR) is 236 cm³/mol. The zero-order chi connectivity index (χ0) is 43.2. The molecule has 5 atom stereocenters. The smallest absolute Gasteiger partial charge is 0.306 e. The Kier molecular flexibility index (Phi) is 12.4. The fraction of sp³-hybridized carbons (Fsp3) is 0.653. The van der Waals surface area contributed by atoms with E-state index in [2.05, 4.69) is 60.6 Å². The molecule has 6 aliphatic rings. The molecule has 2 N–H and O–H groups in total. The van der Waals surface area contributed by atoms with Gasteiger partial charge in [-0.2, -0.15) is 0 Å². The number of aliphatic imine (C=N–C) groups is 1. The number of amides is 2. The summed E-state index contributed by atoms with van der Waals surface area (Å²) in [7, 11) is 0. The Bertz CT molecular complexity index is 2080. The van der Waals surface area contributed by atoms with Crippen LogP contribution in [-0.4, -0.2) is 108 Å². The van der Waals surface area contributed by atoms with Gasteiger partial charge >= 0.3 is 5.97 Å². The molecule has 3 aliphatic heterocycles. The summed E-state index contributed by atoms with van der Waals surface area (Å²) in [5.41, 5.74) is 2.83.